The average molecular weight is 591 g/mol. The Kier molecular flexibility index (Phi) is 7.82. The second-order valence-electron chi connectivity index (χ2n) is 12.5. The second kappa shape index (κ2) is 11.1. The zero-order chi connectivity index (χ0) is 31.3. The van der Waals surface area contributed by atoms with E-state index in [1.54, 1.807) is 18.2 Å². The summed E-state index contributed by atoms with van der Waals surface area (Å²) in [5.41, 5.74) is 0.372. The first kappa shape index (κ1) is 30.2. The maximum absolute atomic E-state index is 15.1. The number of aryl methyl sites for hydroxylation is 1. The Morgan fingerprint density at radius 3 is 2.33 bits per heavy atom. The molecule has 9 nitrogen and oxygen atoms in total. The lowest BCUT2D eigenvalue weighted by atomic mass is 9.80. The van der Waals surface area contributed by atoms with E-state index < -0.39 is 35.0 Å². The van der Waals surface area contributed by atoms with Gasteiger partial charge in [-0.3, -0.25) is 14.2 Å². The molecule has 2 aromatic heterocycles. The number of hydrogen-bond donors (Lipinski definition) is 4. The molecule has 0 radical (unpaired) electrons. The lowest BCUT2D eigenvalue weighted by molar-refractivity contribution is 0.0818. The number of piperidine rings is 1. The number of nitrogens with one attached hydrogen (secondary N) is 3. The molecule has 3 heterocycles. The summed E-state index contributed by atoms with van der Waals surface area (Å²) in [5, 5.41) is 19.6. The van der Waals surface area contributed by atoms with E-state index >= 15 is 8.78 Å². The summed E-state index contributed by atoms with van der Waals surface area (Å²) in [4.78, 5) is 35.5. The summed E-state index contributed by atoms with van der Waals surface area (Å²) in [5.74, 6) is -2.15. The van der Waals surface area contributed by atoms with E-state index in [2.05, 4.69) is 48.6 Å². The van der Waals surface area contributed by atoms with Gasteiger partial charge in [-0.25, -0.2) is 13.8 Å². The maximum Gasteiger partial charge on any atom is 0.256 e. The van der Waals surface area contributed by atoms with Crippen LogP contribution in [0.2, 0.25) is 0 Å². The number of para-hydroxylation sites is 1. The summed E-state index contributed by atoms with van der Waals surface area (Å²) < 4.78 is 31.1. The molecule has 0 bridgehead atoms. The Labute approximate surface area is 248 Å². The van der Waals surface area contributed by atoms with Crippen LogP contribution in [0.15, 0.2) is 53.3 Å². The molecule has 1 fully saturated rings. The number of amides is 1. The minimum atomic E-state index is -1.06. The van der Waals surface area contributed by atoms with Crippen LogP contribution in [0.4, 0.5) is 14.7 Å². The third-order valence-electron chi connectivity index (χ3n) is 7.53. The molecule has 11 heteroatoms. The minimum Gasteiger partial charge on any atom is -0.374 e. The smallest absolute Gasteiger partial charge is 0.256 e. The van der Waals surface area contributed by atoms with Crippen molar-refractivity contribution in [3.05, 3.63) is 81.6 Å². The molecule has 1 saturated heterocycles. The Bertz CT molecular complexity index is 1750. The summed E-state index contributed by atoms with van der Waals surface area (Å²) in [7, 11) is 0. The van der Waals surface area contributed by atoms with Crippen molar-refractivity contribution in [3.8, 4) is 16.9 Å². The molecule has 0 aliphatic carbocycles. The van der Waals surface area contributed by atoms with Crippen LogP contribution in [0.5, 0.6) is 0 Å². The second-order valence-corrected chi connectivity index (χ2v) is 12.5. The number of fused-ring (bicyclic) bond motifs is 1. The van der Waals surface area contributed by atoms with E-state index in [4.69, 9.17) is 4.98 Å². The zero-order valence-corrected chi connectivity index (χ0v) is 25.0. The van der Waals surface area contributed by atoms with Crippen LogP contribution in [-0.2, 0) is 0 Å². The number of pyridine rings is 1. The Morgan fingerprint density at radius 2 is 1.70 bits per heavy atom. The largest absolute Gasteiger partial charge is 0.374 e. The van der Waals surface area contributed by atoms with E-state index in [0.29, 0.717) is 16.6 Å². The molecule has 0 saturated carbocycles. The predicted octanol–water partition coefficient (Wildman–Crippen LogP) is 4.82. The number of benzene rings is 2. The molecule has 226 valence electrons. The number of anilines is 1. The normalized spacial score (nSPS) is 17.0. The third kappa shape index (κ3) is 6.28. The molecule has 1 aliphatic rings. The topological polar surface area (TPSA) is 121 Å². The van der Waals surface area contributed by atoms with E-state index in [0.717, 1.165) is 35.1 Å². The molecule has 4 aromatic rings. The van der Waals surface area contributed by atoms with Gasteiger partial charge in [0.15, 0.2) is 5.65 Å². The van der Waals surface area contributed by atoms with Crippen molar-refractivity contribution in [2.24, 2.45) is 0 Å². The van der Waals surface area contributed by atoms with Crippen LogP contribution in [0.3, 0.4) is 0 Å². The number of rotatable bonds is 6. The quantitative estimate of drug-likeness (QED) is 0.238. The summed E-state index contributed by atoms with van der Waals surface area (Å²) in [6.45, 7) is 11.7. The lowest BCUT2D eigenvalue weighted by Crippen LogP contribution is -2.60. The Hall–Kier alpha value is -4.22. The van der Waals surface area contributed by atoms with Crippen LogP contribution >= 0.6 is 0 Å². The van der Waals surface area contributed by atoms with Crippen molar-refractivity contribution >= 4 is 22.9 Å². The molecular weight excluding hydrogens is 554 g/mol. The molecule has 4 N–H and O–H groups in total. The molecule has 1 aliphatic heterocycles. The van der Waals surface area contributed by atoms with Gasteiger partial charge in [0, 0.05) is 39.7 Å². The van der Waals surface area contributed by atoms with Gasteiger partial charge in [0.25, 0.3) is 11.5 Å². The number of halogens is 2. The number of carbonyl (C=O) groups excluding carboxylic acids is 1. The molecule has 1 unspecified atom stereocenters. The van der Waals surface area contributed by atoms with Gasteiger partial charge < -0.3 is 21.1 Å². The monoisotopic (exact) mass is 590 g/mol. The number of aliphatic hydroxyl groups is 1. The fraction of sp³-hybridized carbons (Fsp3) is 0.375. The number of aliphatic hydroxyl groups excluding tert-OH is 1. The van der Waals surface area contributed by atoms with E-state index in [1.165, 1.54) is 25.1 Å². The standard InChI is InChI=1S/C32H36F2N6O3/c1-17-10-11-19(29(43)35-18(2)41)14-22(17)26-21-12-13-25(42)40(27-23(33)8-7-9-24(27)34)28(21)38-30(37-26)36-20-15-31(3,4)39-32(5,6)16-20/h7-14,18,20,39,41H,15-16H2,1-6H3,(H,35,43)(H,36,37,38). The fourth-order valence-corrected chi connectivity index (χ4v) is 6.20. The first-order valence-corrected chi connectivity index (χ1v) is 14.2. The highest BCUT2D eigenvalue weighted by atomic mass is 19.1. The van der Waals surface area contributed by atoms with Crippen molar-refractivity contribution in [1.29, 1.82) is 0 Å². The molecule has 0 spiro atoms. The van der Waals surface area contributed by atoms with Gasteiger partial charge in [-0.05, 0) is 90.3 Å². The van der Waals surface area contributed by atoms with Gasteiger partial charge >= 0.3 is 0 Å². The van der Waals surface area contributed by atoms with Crippen LogP contribution in [0.1, 0.15) is 63.4 Å². The molecule has 2 aromatic carbocycles. The van der Waals surface area contributed by atoms with E-state index in [9.17, 15) is 14.7 Å². The van der Waals surface area contributed by atoms with Crippen LogP contribution in [0, 0.1) is 18.6 Å². The van der Waals surface area contributed by atoms with Crippen molar-refractivity contribution in [2.75, 3.05) is 5.32 Å². The van der Waals surface area contributed by atoms with Crippen molar-refractivity contribution in [1.82, 2.24) is 25.2 Å². The summed E-state index contributed by atoms with van der Waals surface area (Å²) in [6, 6.07) is 11.1. The molecule has 1 atom stereocenters. The van der Waals surface area contributed by atoms with Gasteiger partial charge in [-0.1, -0.05) is 12.1 Å². The van der Waals surface area contributed by atoms with Gasteiger partial charge in [0.1, 0.15) is 23.5 Å². The van der Waals surface area contributed by atoms with E-state index in [-0.39, 0.29) is 34.3 Å². The first-order chi connectivity index (χ1) is 20.1. The predicted molar refractivity (Wildman–Crippen MR) is 162 cm³/mol. The highest BCUT2D eigenvalue weighted by molar-refractivity contribution is 5.98. The minimum absolute atomic E-state index is 0.00897. The molecule has 5 rings (SSSR count). The van der Waals surface area contributed by atoms with Gasteiger partial charge in [0.2, 0.25) is 5.95 Å². The number of hydrogen-bond acceptors (Lipinski definition) is 7. The molecule has 43 heavy (non-hydrogen) atoms. The van der Waals surface area contributed by atoms with Crippen molar-refractivity contribution in [2.45, 2.75) is 77.7 Å². The van der Waals surface area contributed by atoms with Gasteiger partial charge in [0.05, 0.1) is 5.69 Å². The lowest BCUT2D eigenvalue weighted by Gasteiger charge is -2.46. The van der Waals surface area contributed by atoms with E-state index in [1.807, 2.05) is 6.92 Å². The van der Waals surface area contributed by atoms with Gasteiger partial charge in [-0.2, -0.15) is 4.98 Å². The van der Waals surface area contributed by atoms with Crippen LogP contribution in [-0.4, -0.2) is 48.9 Å². The highest BCUT2D eigenvalue weighted by Gasteiger charge is 2.38. The van der Waals surface area contributed by atoms with Crippen LogP contribution < -0.4 is 21.5 Å². The SMILES string of the molecule is Cc1ccc(C(=O)NC(C)O)cc1-c1nc(NC2CC(C)(C)NC(C)(C)C2)nc2c1ccc(=O)n2-c1c(F)cccc1F. The molecule has 1 amide bonds. The first-order valence-electron chi connectivity index (χ1n) is 14.2. The Balaban J connectivity index is 1.77. The number of carbonyl (C=O) groups is 1. The van der Waals surface area contributed by atoms with Crippen LogP contribution in [0.25, 0.3) is 28.0 Å². The molecular formula is C32H36F2N6O3. The van der Waals surface area contributed by atoms with Crippen molar-refractivity contribution in [3.63, 3.8) is 0 Å². The number of nitrogens with zero attached hydrogens (tertiary/aromatic N) is 3. The highest BCUT2D eigenvalue weighted by Crippen LogP contribution is 2.34. The average Bonchev–Trinajstić information content (AvgIpc) is 2.87. The summed E-state index contributed by atoms with van der Waals surface area (Å²) in [6.07, 6.45) is 0.423. The van der Waals surface area contributed by atoms with Gasteiger partial charge in [-0.15, -0.1) is 0 Å². The fourth-order valence-electron chi connectivity index (χ4n) is 6.20. The maximum atomic E-state index is 15.1. The zero-order valence-electron chi connectivity index (χ0n) is 25.0. The Morgan fingerprint density at radius 1 is 1.05 bits per heavy atom. The van der Waals surface area contributed by atoms with Crippen molar-refractivity contribution < 1.29 is 18.7 Å². The third-order valence-corrected chi connectivity index (χ3v) is 7.53. The summed E-state index contributed by atoms with van der Waals surface area (Å²) >= 11 is 0. The number of aromatic nitrogens is 3.